The zero-order valence-corrected chi connectivity index (χ0v) is 17.8. The molecule has 1 aliphatic heterocycles. The molecule has 1 saturated heterocycles. The topological polar surface area (TPSA) is 67.2 Å². The smallest absolute Gasteiger partial charge is 0.173 e. The molecule has 0 spiro atoms. The van der Waals surface area contributed by atoms with E-state index in [1.165, 1.54) is 0 Å². The van der Waals surface area contributed by atoms with Crippen molar-refractivity contribution in [2.45, 2.75) is 39.8 Å². The Balaban J connectivity index is 1.73. The lowest BCUT2D eigenvalue weighted by Gasteiger charge is -2.22. The summed E-state index contributed by atoms with van der Waals surface area (Å²) < 4.78 is 25.5. The SMILES string of the molecule is Cc1ccccc1NC(=S)N(C)Cc1c(C)nn([C@H]2CCS(=O)(=O)C2)c1C. The van der Waals surface area contributed by atoms with E-state index in [-0.39, 0.29) is 17.5 Å². The summed E-state index contributed by atoms with van der Waals surface area (Å²) in [5.41, 5.74) is 5.16. The Morgan fingerprint density at radius 2 is 2.04 bits per heavy atom. The Kier molecular flexibility index (Phi) is 5.58. The van der Waals surface area contributed by atoms with Crippen LogP contribution in [0.1, 0.15) is 35.0 Å². The highest BCUT2D eigenvalue weighted by atomic mass is 32.2. The Morgan fingerprint density at radius 1 is 1.33 bits per heavy atom. The minimum atomic E-state index is -2.94. The molecule has 2 heterocycles. The molecule has 27 heavy (non-hydrogen) atoms. The third-order valence-electron chi connectivity index (χ3n) is 5.16. The van der Waals surface area contributed by atoms with Crippen LogP contribution in [0.2, 0.25) is 0 Å². The molecule has 2 aromatic rings. The van der Waals surface area contributed by atoms with Gasteiger partial charge in [0.2, 0.25) is 0 Å². The number of anilines is 1. The highest BCUT2D eigenvalue weighted by Crippen LogP contribution is 2.27. The Hall–Kier alpha value is -1.93. The molecule has 1 atom stereocenters. The predicted molar refractivity (Wildman–Crippen MR) is 113 cm³/mol. The molecule has 1 aromatic carbocycles. The van der Waals surface area contributed by atoms with E-state index in [0.29, 0.717) is 18.1 Å². The van der Waals surface area contributed by atoms with E-state index >= 15 is 0 Å². The summed E-state index contributed by atoms with van der Waals surface area (Å²) in [4.78, 5) is 1.98. The van der Waals surface area contributed by atoms with Gasteiger partial charge in [-0.25, -0.2) is 8.42 Å². The summed E-state index contributed by atoms with van der Waals surface area (Å²) in [5, 5.41) is 8.56. The summed E-state index contributed by atoms with van der Waals surface area (Å²) in [6, 6.07) is 7.96. The van der Waals surface area contributed by atoms with Gasteiger partial charge in [0.05, 0.1) is 23.2 Å². The fraction of sp³-hybridized carbons (Fsp3) is 0.474. The Bertz CT molecular complexity index is 966. The molecule has 0 radical (unpaired) electrons. The number of aromatic nitrogens is 2. The van der Waals surface area contributed by atoms with Gasteiger partial charge in [-0.05, 0) is 51.0 Å². The molecule has 1 aromatic heterocycles. The van der Waals surface area contributed by atoms with Crippen molar-refractivity contribution in [2.24, 2.45) is 0 Å². The number of benzene rings is 1. The second-order valence-electron chi connectivity index (χ2n) is 7.25. The first-order valence-corrected chi connectivity index (χ1v) is 11.2. The van der Waals surface area contributed by atoms with Gasteiger partial charge in [-0.1, -0.05) is 18.2 Å². The normalized spacial score (nSPS) is 18.4. The second kappa shape index (κ2) is 7.59. The summed E-state index contributed by atoms with van der Waals surface area (Å²) in [6.45, 7) is 6.63. The van der Waals surface area contributed by atoms with Crippen LogP contribution in [-0.2, 0) is 16.4 Å². The quantitative estimate of drug-likeness (QED) is 0.788. The number of nitrogens with zero attached hydrogens (tertiary/aromatic N) is 3. The first kappa shape index (κ1) is 19.8. The number of rotatable bonds is 4. The summed E-state index contributed by atoms with van der Waals surface area (Å²) in [6.07, 6.45) is 0.632. The molecule has 146 valence electrons. The van der Waals surface area contributed by atoms with Crippen LogP contribution >= 0.6 is 12.2 Å². The standard InChI is InChI=1S/C19H26N4O2S2/c1-13-7-5-6-8-18(13)20-19(26)22(4)11-17-14(2)21-23(15(17)3)16-9-10-27(24,25)12-16/h5-8,16H,9-12H2,1-4H3,(H,20,26)/t16-/m0/s1. The largest absolute Gasteiger partial charge is 0.348 e. The fourth-order valence-corrected chi connectivity index (χ4v) is 5.35. The van der Waals surface area contributed by atoms with E-state index in [4.69, 9.17) is 12.2 Å². The molecule has 1 aliphatic rings. The predicted octanol–water partition coefficient (Wildman–Crippen LogP) is 3.00. The molecule has 0 unspecified atom stereocenters. The average Bonchev–Trinajstić information content (AvgIpc) is 3.10. The first-order chi connectivity index (χ1) is 12.7. The zero-order valence-electron chi connectivity index (χ0n) is 16.2. The average molecular weight is 407 g/mol. The van der Waals surface area contributed by atoms with Crippen LogP contribution in [0.15, 0.2) is 24.3 Å². The van der Waals surface area contributed by atoms with E-state index in [2.05, 4.69) is 10.4 Å². The van der Waals surface area contributed by atoms with E-state index in [1.54, 1.807) is 0 Å². The van der Waals surface area contributed by atoms with Gasteiger partial charge in [-0.3, -0.25) is 4.68 Å². The maximum atomic E-state index is 11.8. The highest BCUT2D eigenvalue weighted by molar-refractivity contribution is 7.91. The van der Waals surface area contributed by atoms with Crippen molar-refractivity contribution < 1.29 is 8.42 Å². The number of sulfone groups is 1. The molecule has 6 nitrogen and oxygen atoms in total. The van der Waals surface area contributed by atoms with Gasteiger partial charge in [-0.15, -0.1) is 0 Å². The van der Waals surface area contributed by atoms with Crippen LogP contribution < -0.4 is 5.32 Å². The van der Waals surface area contributed by atoms with Gasteiger partial charge in [0, 0.05) is 30.5 Å². The number of hydrogen-bond donors (Lipinski definition) is 1. The maximum absolute atomic E-state index is 11.8. The number of para-hydroxylation sites is 1. The molecule has 0 bridgehead atoms. The lowest BCUT2D eigenvalue weighted by Crippen LogP contribution is -2.31. The Morgan fingerprint density at radius 3 is 2.67 bits per heavy atom. The maximum Gasteiger partial charge on any atom is 0.173 e. The van der Waals surface area contributed by atoms with E-state index < -0.39 is 9.84 Å². The lowest BCUT2D eigenvalue weighted by atomic mass is 10.1. The second-order valence-corrected chi connectivity index (χ2v) is 9.87. The molecule has 0 saturated carbocycles. The van der Waals surface area contributed by atoms with E-state index in [1.807, 2.05) is 61.7 Å². The van der Waals surface area contributed by atoms with Gasteiger partial charge in [0.15, 0.2) is 14.9 Å². The number of aryl methyl sites for hydroxylation is 2. The Labute approximate surface area is 166 Å². The van der Waals surface area contributed by atoms with Crippen molar-refractivity contribution in [1.82, 2.24) is 14.7 Å². The zero-order chi connectivity index (χ0) is 19.8. The highest BCUT2D eigenvalue weighted by Gasteiger charge is 2.31. The van der Waals surface area contributed by atoms with Gasteiger partial charge in [-0.2, -0.15) is 5.10 Å². The van der Waals surface area contributed by atoms with E-state index in [9.17, 15) is 8.42 Å². The van der Waals surface area contributed by atoms with Crippen LogP contribution in [-0.4, -0.2) is 46.8 Å². The van der Waals surface area contributed by atoms with Gasteiger partial charge in [0.1, 0.15) is 0 Å². The molecular weight excluding hydrogens is 380 g/mol. The minimum absolute atomic E-state index is 0.0650. The molecule has 1 N–H and O–H groups in total. The molecule has 0 aliphatic carbocycles. The number of nitrogens with one attached hydrogen (secondary N) is 1. The van der Waals surface area contributed by atoms with Crippen LogP contribution in [0.4, 0.5) is 5.69 Å². The van der Waals surface area contributed by atoms with Crippen LogP contribution in [0, 0.1) is 20.8 Å². The van der Waals surface area contributed by atoms with E-state index in [0.717, 1.165) is 28.2 Å². The van der Waals surface area contributed by atoms with Crippen molar-refractivity contribution in [1.29, 1.82) is 0 Å². The van der Waals surface area contributed by atoms with Gasteiger partial charge in [0.25, 0.3) is 0 Å². The monoisotopic (exact) mass is 406 g/mol. The van der Waals surface area contributed by atoms with Crippen molar-refractivity contribution in [3.05, 3.63) is 46.8 Å². The van der Waals surface area contributed by atoms with Crippen LogP contribution in [0.25, 0.3) is 0 Å². The number of thiocarbonyl (C=S) groups is 1. The molecule has 1 fully saturated rings. The summed E-state index contributed by atoms with van der Waals surface area (Å²) in [7, 11) is -0.993. The van der Waals surface area contributed by atoms with Crippen molar-refractivity contribution in [3.8, 4) is 0 Å². The van der Waals surface area contributed by atoms with Crippen LogP contribution in [0.5, 0.6) is 0 Å². The third-order valence-corrected chi connectivity index (χ3v) is 7.32. The molecular formula is C19H26N4O2S2. The first-order valence-electron chi connectivity index (χ1n) is 9.00. The minimum Gasteiger partial charge on any atom is -0.348 e. The van der Waals surface area contributed by atoms with Gasteiger partial charge < -0.3 is 10.2 Å². The molecule has 0 amide bonds. The van der Waals surface area contributed by atoms with Gasteiger partial charge >= 0.3 is 0 Å². The fourth-order valence-electron chi connectivity index (χ4n) is 3.48. The molecule has 3 rings (SSSR count). The number of hydrogen-bond acceptors (Lipinski definition) is 4. The summed E-state index contributed by atoms with van der Waals surface area (Å²) >= 11 is 5.56. The van der Waals surface area contributed by atoms with Crippen molar-refractivity contribution in [2.75, 3.05) is 23.9 Å². The third kappa shape index (κ3) is 4.32. The molecule has 8 heteroatoms. The van der Waals surface area contributed by atoms with Crippen molar-refractivity contribution in [3.63, 3.8) is 0 Å². The van der Waals surface area contributed by atoms with Crippen LogP contribution in [0.3, 0.4) is 0 Å². The lowest BCUT2D eigenvalue weighted by molar-refractivity contribution is 0.479. The van der Waals surface area contributed by atoms with Crippen molar-refractivity contribution >= 4 is 32.9 Å². The summed E-state index contributed by atoms with van der Waals surface area (Å²) in [5.74, 6) is 0.424.